The fourth-order valence-corrected chi connectivity index (χ4v) is 8.42. The Morgan fingerprint density at radius 2 is 1.82 bits per heavy atom. The molecule has 0 aliphatic carbocycles. The summed E-state index contributed by atoms with van der Waals surface area (Å²) in [5.41, 5.74) is 4.75. The Balaban J connectivity index is 1.22. The number of fused-ring (bicyclic) bond motifs is 1. The van der Waals surface area contributed by atoms with Crippen LogP contribution >= 0.6 is 21.6 Å². The van der Waals surface area contributed by atoms with E-state index in [0.29, 0.717) is 22.9 Å². The predicted molar refractivity (Wildman–Crippen MR) is 185 cm³/mol. The first-order chi connectivity index (χ1) is 21.9. The van der Waals surface area contributed by atoms with Crippen molar-refractivity contribution < 1.29 is 19.1 Å². The van der Waals surface area contributed by atoms with Crippen LogP contribution in [0.3, 0.4) is 0 Å². The highest BCUT2D eigenvalue weighted by Gasteiger charge is 2.23. The zero-order valence-electron chi connectivity index (χ0n) is 25.7. The average molecular weight is 642 g/mol. The molecule has 2 amide bonds. The lowest BCUT2D eigenvalue weighted by atomic mass is 9.96. The minimum absolute atomic E-state index is 0.0469. The van der Waals surface area contributed by atoms with Gasteiger partial charge in [-0.25, -0.2) is 4.79 Å². The fourth-order valence-electron chi connectivity index (χ4n) is 5.39. The highest BCUT2D eigenvalue weighted by atomic mass is 33.1. The lowest BCUT2D eigenvalue weighted by Gasteiger charge is -2.19. The number of benzene rings is 3. The van der Waals surface area contributed by atoms with Gasteiger partial charge in [0.1, 0.15) is 6.61 Å². The molecule has 0 bridgehead atoms. The quantitative estimate of drug-likeness (QED) is 0.0875. The van der Waals surface area contributed by atoms with Crippen molar-refractivity contribution in [1.82, 2.24) is 10.3 Å². The summed E-state index contributed by atoms with van der Waals surface area (Å²) in [7, 11) is 3.91. The molecule has 0 radical (unpaired) electrons. The Morgan fingerprint density at radius 1 is 0.978 bits per heavy atom. The number of anilines is 1. The molecule has 1 aliphatic heterocycles. The van der Waals surface area contributed by atoms with Crippen LogP contribution in [-0.2, 0) is 20.9 Å². The van der Waals surface area contributed by atoms with Crippen LogP contribution < -0.4 is 10.6 Å². The summed E-state index contributed by atoms with van der Waals surface area (Å²) >= 11 is 0. The molecule has 2 N–H and O–H groups in total. The molecule has 1 fully saturated rings. The number of nitrogens with zero attached hydrogens (tertiary/aromatic N) is 1. The number of pyridine rings is 1. The molecule has 9 heteroatoms. The standard InChI is InChI=1S/C36H39N3O4S2/c1-24-7-14-32(25(2)19-24)36(42)43-23-26-8-10-27(11-9-26)33(22-38-34(40)6-4-3-5-31-16-18-44-45-31)35(41)39-30-13-12-29-21-37-17-15-28(29)20-30/h7-15,17,19-21,31,33H,3-6,16,18,22-23H2,1-2H3,(H,38,40)(H,39,41)/t31-,33-/m1/s1. The molecule has 0 unspecified atom stereocenters. The zero-order valence-corrected chi connectivity index (χ0v) is 27.3. The van der Waals surface area contributed by atoms with Gasteiger partial charge >= 0.3 is 5.97 Å². The molecule has 1 saturated heterocycles. The van der Waals surface area contributed by atoms with Crippen LogP contribution in [0.1, 0.15) is 70.6 Å². The van der Waals surface area contributed by atoms with E-state index in [2.05, 4.69) is 15.6 Å². The van der Waals surface area contributed by atoms with Gasteiger partial charge in [0.05, 0.1) is 11.5 Å². The van der Waals surface area contributed by atoms with Crippen molar-refractivity contribution in [3.05, 3.63) is 107 Å². The Hall–Kier alpha value is -3.82. The smallest absolute Gasteiger partial charge is 0.338 e. The third-order valence-electron chi connectivity index (χ3n) is 7.99. The highest BCUT2D eigenvalue weighted by molar-refractivity contribution is 8.77. The van der Waals surface area contributed by atoms with Gasteiger partial charge in [0.25, 0.3) is 0 Å². The number of unbranched alkanes of at least 4 members (excludes halogenated alkanes) is 1. The van der Waals surface area contributed by atoms with Gasteiger partial charge in [-0.2, -0.15) is 0 Å². The largest absolute Gasteiger partial charge is 0.457 e. The number of rotatable bonds is 13. The van der Waals surface area contributed by atoms with Crippen molar-refractivity contribution in [2.24, 2.45) is 0 Å². The molecule has 0 saturated carbocycles. The maximum atomic E-state index is 13.6. The van der Waals surface area contributed by atoms with Crippen molar-refractivity contribution >= 4 is 55.8 Å². The van der Waals surface area contributed by atoms with E-state index in [1.54, 1.807) is 18.5 Å². The van der Waals surface area contributed by atoms with E-state index in [-0.39, 0.29) is 30.9 Å². The summed E-state index contributed by atoms with van der Waals surface area (Å²) in [5.74, 6) is -0.0261. The maximum Gasteiger partial charge on any atom is 0.338 e. The second-order valence-electron chi connectivity index (χ2n) is 11.5. The average Bonchev–Trinajstić information content (AvgIpc) is 3.56. The molecule has 4 aromatic rings. The number of carbonyl (C=O) groups excluding carboxylic acids is 3. The molecule has 234 valence electrons. The third kappa shape index (κ3) is 9.34. The van der Waals surface area contributed by atoms with Crippen molar-refractivity contribution in [1.29, 1.82) is 0 Å². The van der Waals surface area contributed by atoms with E-state index in [1.165, 1.54) is 12.2 Å². The molecular weight excluding hydrogens is 603 g/mol. The molecule has 1 aliphatic rings. The fraction of sp³-hybridized carbons (Fsp3) is 0.333. The van der Waals surface area contributed by atoms with E-state index in [4.69, 9.17) is 4.74 Å². The SMILES string of the molecule is Cc1ccc(C(=O)OCc2ccc([C@@H](CNC(=O)CCCC[C@@H]3CCSS3)C(=O)Nc3ccc4cnccc4c3)cc2)c(C)c1. The van der Waals surface area contributed by atoms with Crippen LogP contribution in [0.5, 0.6) is 0 Å². The number of esters is 1. The van der Waals surface area contributed by atoms with Crippen molar-refractivity contribution in [2.45, 2.75) is 63.7 Å². The molecule has 2 heterocycles. The maximum absolute atomic E-state index is 13.6. The number of aromatic nitrogens is 1. The minimum Gasteiger partial charge on any atom is -0.457 e. The number of carbonyl (C=O) groups is 3. The minimum atomic E-state index is -0.610. The lowest BCUT2D eigenvalue weighted by Crippen LogP contribution is -2.34. The Morgan fingerprint density at radius 3 is 2.60 bits per heavy atom. The summed E-state index contributed by atoms with van der Waals surface area (Å²) < 4.78 is 5.57. The highest BCUT2D eigenvalue weighted by Crippen LogP contribution is 2.39. The lowest BCUT2D eigenvalue weighted by molar-refractivity contribution is -0.121. The third-order valence-corrected chi connectivity index (χ3v) is 11.0. The Labute approximate surface area is 272 Å². The number of hydrogen-bond donors (Lipinski definition) is 2. The van der Waals surface area contributed by atoms with Crippen LogP contribution in [0.2, 0.25) is 0 Å². The number of nitrogens with one attached hydrogen (secondary N) is 2. The molecular formula is C36H39N3O4S2. The van der Waals surface area contributed by atoms with Gasteiger partial charge in [-0.3, -0.25) is 14.6 Å². The predicted octanol–water partition coefficient (Wildman–Crippen LogP) is 7.76. The normalized spacial score (nSPS) is 15.0. The van der Waals surface area contributed by atoms with E-state index >= 15 is 0 Å². The topological polar surface area (TPSA) is 97.4 Å². The Kier molecular flexibility index (Phi) is 11.5. The molecule has 1 aromatic heterocycles. The van der Waals surface area contributed by atoms with Gasteiger partial charge in [0.2, 0.25) is 11.8 Å². The van der Waals surface area contributed by atoms with E-state index < -0.39 is 5.92 Å². The van der Waals surface area contributed by atoms with Crippen molar-refractivity contribution in [3.8, 4) is 0 Å². The van der Waals surface area contributed by atoms with Gasteiger partial charge in [-0.05, 0) is 79.5 Å². The van der Waals surface area contributed by atoms with Gasteiger partial charge in [-0.1, -0.05) is 76.0 Å². The monoisotopic (exact) mass is 641 g/mol. The molecule has 7 nitrogen and oxygen atoms in total. The summed E-state index contributed by atoms with van der Waals surface area (Å²) in [6.45, 7) is 4.17. The molecule has 2 atom stereocenters. The number of hydrogen-bond acceptors (Lipinski definition) is 7. The first-order valence-electron chi connectivity index (χ1n) is 15.4. The van der Waals surface area contributed by atoms with Crippen LogP contribution in [0.4, 0.5) is 5.69 Å². The summed E-state index contributed by atoms with van der Waals surface area (Å²) in [4.78, 5) is 43.2. The van der Waals surface area contributed by atoms with Gasteiger partial charge in [-0.15, -0.1) is 0 Å². The van der Waals surface area contributed by atoms with E-state index in [1.807, 2.05) is 96.1 Å². The first-order valence-corrected chi connectivity index (χ1v) is 17.8. The van der Waals surface area contributed by atoms with Gasteiger partial charge < -0.3 is 15.4 Å². The second kappa shape index (κ2) is 16.0. The molecule has 5 rings (SSSR count). The summed E-state index contributed by atoms with van der Waals surface area (Å²) in [6, 6.07) is 20.7. The van der Waals surface area contributed by atoms with Crippen molar-refractivity contribution in [2.75, 3.05) is 17.6 Å². The van der Waals surface area contributed by atoms with Crippen LogP contribution in [0, 0.1) is 13.8 Å². The van der Waals surface area contributed by atoms with Crippen LogP contribution in [0.15, 0.2) is 79.1 Å². The molecule has 45 heavy (non-hydrogen) atoms. The van der Waals surface area contributed by atoms with E-state index in [0.717, 1.165) is 52.3 Å². The molecule has 3 aromatic carbocycles. The number of ether oxygens (including phenoxy) is 1. The number of aryl methyl sites for hydroxylation is 2. The molecule has 0 spiro atoms. The zero-order chi connectivity index (χ0) is 31.6. The number of amides is 2. The van der Waals surface area contributed by atoms with Crippen molar-refractivity contribution in [3.63, 3.8) is 0 Å². The van der Waals surface area contributed by atoms with Crippen LogP contribution in [-0.4, -0.2) is 40.3 Å². The summed E-state index contributed by atoms with van der Waals surface area (Å²) in [6.07, 6.45) is 8.21. The Bertz CT molecular complexity index is 1640. The van der Waals surface area contributed by atoms with Gasteiger partial charge in [0, 0.05) is 47.4 Å². The first kappa shape index (κ1) is 32.6. The van der Waals surface area contributed by atoms with Crippen LogP contribution in [0.25, 0.3) is 10.8 Å². The van der Waals surface area contributed by atoms with E-state index in [9.17, 15) is 14.4 Å². The second-order valence-corrected chi connectivity index (χ2v) is 14.3. The summed E-state index contributed by atoms with van der Waals surface area (Å²) in [5, 5.41) is 8.70. The van der Waals surface area contributed by atoms with Gasteiger partial charge in [0.15, 0.2) is 0 Å².